The van der Waals surface area contributed by atoms with Gasteiger partial charge in [0.1, 0.15) is 24.2 Å². The monoisotopic (exact) mass is 887 g/mol. The van der Waals surface area contributed by atoms with Gasteiger partial charge in [-0.1, -0.05) is 84.9 Å². The number of rotatable bonds is 16. The van der Waals surface area contributed by atoms with Crippen molar-refractivity contribution in [3.8, 4) is 0 Å². The van der Waals surface area contributed by atoms with E-state index in [2.05, 4.69) is 56.2 Å². The van der Waals surface area contributed by atoms with Crippen molar-refractivity contribution in [3.63, 3.8) is 0 Å². The first-order valence-corrected chi connectivity index (χ1v) is 23.6. The van der Waals surface area contributed by atoms with E-state index >= 15 is 0 Å². The van der Waals surface area contributed by atoms with Gasteiger partial charge >= 0.3 is 0 Å². The molecule has 0 spiro atoms. The molecule has 0 bridgehead atoms. The lowest BCUT2D eigenvalue weighted by atomic mass is 9.87. The quantitative estimate of drug-likeness (QED) is 0.123. The van der Waals surface area contributed by atoms with E-state index < -0.39 is 36.3 Å². The Morgan fingerprint density at radius 2 is 1.11 bits per heavy atom. The number of nitrogens with one attached hydrogen (secondary N) is 6. The van der Waals surface area contributed by atoms with Crippen LogP contribution >= 0.6 is 0 Å². The van der Waals surface area contributed by atoms with Crippen molar-refractivity contribution in [3.05, 3.63) is 112 Å². The Kier molecular flexibility index (Phi) is 15.9. The second-order valence-electron chi connectivity index (χ2n) is 18.0. The van der Waals surface area contributed by atoms with Crippen LogP contribution in [0.1, 0.15) is 123 Å². The lowest BCUT2D eigenvalue weighted by Gasteiger charge is -2.32. The van der Waals surface area contributed by atoms with E-state index in [9.17, 15) is 28.8 Å². The number of fused-ring (bicyclic) bond motifs is 2. The van der Waals surface area contributed by atoms with Crippen molar-refractivity contribution in [2.45, 2.75) is 133 Å². The van der Waals surface area contributed by atoms with Crippen LogP contribution in [0.5, 0.6) is 0 Å². The number of likely N-dealkylation sites (tertiary alicyclic amines) is 2. The van der Waals surface area contributed by atoms with Crippen LogP contribution in [0.25, 0.3) is 6.08 Å². The first-order chi connectivity index (χ1) is 31.5. The molecular formula is C51H66N8O6. The van der Waals surface area contributed by atoms with Crippen molar-refractivity contribution in [1.29, 1.82) is 0 Å². The van der Waals surface area contributed by atoms with Gasteiger partial charge in [0, 0.05) is 13.1 Å². The number of carbonyl (C=O) groups excluding carboxylic acids is 6. The number of amides is 6. The zero-order valence-electron chi connectivity index (χ0n) is 38.2. The summed E-state index contributed by atoms with van der Waals surface area (Å²) < 4.78 is 0. The molecule has 0 aromatic heterocycles. The highest BCUT2D eigenvalue weighted by Gasteiger charge is 2.41. The fourth-order valence-electron chi connectivity index (χ4n) is 9.79. The van der Waals surface area contributed by atoms with Crippen LogP contribution in [0.3, 0.4) is 0 Å². The van der Waals surface area contributed by atoms with Gasteiger partial charge < -0.3 is 41.7 Å². The summed E-state index contributed by atoms with van der Waals surface area (Å²) in [5.74, 6) is -1.70. The molecule has 2 aliphatic heterocycles. The smallest absolute Gasteiger partial charge is 0.250 e. The maximum atomic E-state index is 14.5. The van der Waals surface area contributed by atoms with Crippen LogP contribution in [0.15, 0.2) is 78.9 Å². The van der Waals surface area contributed by atoms with E-state index in [1.165, 1.54) is 11.1 Å². The number of benzene rings is 3. The van der Waals surface area contributed by atoms with E-state index in [1.807, 2.05) is 48.6 Å². The van der Waals surface area contributed by atoms with Gasteiger partial charge in [0.05, 0.1) is 24.2 Å². The highest BCUT2D eigenvalue weighted by molar-refractivity contribution is 5.95. The second kappa shape index (κ2) is 21.9. The van der Waals surface area contributed by atoms with Gasteiger partial charge in [-0.2, -0.15) is 0 Å². The summed E-state index contributed by atoms with van der Waals surface area (Å²) in [5.41, 5.74) is 6.06. The average Bonchev–Trinajstić information content (AvgIpc) is 4.04. The molecule has 0 saturated carbocycles. The predicted molar refractivity (Wildman–Crippen MR) is 250 cm³/mol. The fourth-order valence-corrected chi connectivity index (χ4v) is 9.79. The van der Waals surface area contributed by atoms with Crippen molar-refractivity contribution in [1.82, 2.24) is 41.7 Å². The molecule has 14 nitrogen and oxygen atoms in total. The molecule has 4 aliphatic rings. The molecule has 0 radical (unpaired) electrons. The summed E-state index contributed by atoms with van der Waals surface area (Å²) in [6.07, 6.45) is 11.8. The molecule has 3 aromatic rings. The van der Waals surface area contributed by atoms with Crippen LogP contribution in [-0.4, -0.2) is 103 Å². The van der Waals surface area contributed by atoms with E-state index in [4.69, 9.17) is 0 Å². The highest BCUT2D eigenvalue weighted by atomic mass is 16.2. The number of likely N-dealkylation sites (N-methyl/N-ethyl adjacent to an activating group) is 2. The summed E-state index contributed by atoms with van der Waals surface area (Å²) >= 11 is 0. The van der Waals surface area contributed by atoms with Crippen LogP contribution < -0.4 is 31.9 Å². The van der Waals surface area contributed by atoms with Crippen LogP contribution in [0.2, 0.25) is 0 Å². The van der Waals surface area contributed by atoms with Crippen molar-refractivity contribution < 1.29 is 28.8 Å². The molecule has 65 heavy (non-hydrogen) atoms. The largest absolute Gasteiger partial charge is 0.347 e. The molecule has 6 N–H and O–H groups in total. The molecule has 14 heteroatoms. The molecule has 0 unspecified atom stereocenters. The van der Waals surface area contributed by atoms with Gasteiger partial charge in [0.25, 0.3) is 0 Å². The minimum Gasteiger partial charge on any atom is -0.347 e. The Balaban J connectivity index is 1.04. The summed E-state index contributed by atoms with van der Waals surface area (Å²) in [5, 5.41) is 18.2. The Morgan fingerprint density at radius 3 is 1.63 bits per heavy atom. The zero-order chi connectivity index (χ0) is 46.0. The maximum absolute atomic E-state index is 14.5. The van der Waals surface area contributed by atoms with Gasteiger partial charge in [-0.15, -0.1) is 0 Å². The van der Waals surface area contributed by atoms with Gasteiger partial charge in [0.15, 0.2) is 0 Å². The fraction of sp³-hybridized carbons (Fsp3) is 0.490. The number of hydrogen-bond donors (Lipinski definition) is 6. The van der Waals surface area contributed by atoms with E-state index in [-0.39, 0.29) is 53.9 Å². The molecule has 7 rings (SSSR count). The molecule has 2 saturated heterocycles. The molecule has 2 heterocycles. The molecular weight excluding hydrogens is 821 g/mol. The van der Waals surface area contributed by atoms with Crippen molar-refractivity contribution in [2.75, 3.05) is 27.2 Å². The van der Waals surface area contributed by atoms with Gasteiger partial charge in [-0.25, -0.2) is 0 Å². The third kappa shape index (κ3) is 11.2. The van der Waals surface area contributed by atoms with Crippen molar-refractivity contribution in [2.24, 2.45) is 0 Å². The SMILES string of the molecule is CN[C@@H](C)C(=O)N[C@@H](C/C=C/c1ccc([C@H](NC(=O)[C@H](C)NC)C(=O)N2CCC[C@H]2C(=O)N[C@@H]2CCCc3ccccc32)cc1)C(=O)N1CCC[C@H]1C(=O)N[C@@H]1CCCc2ccccc21. The Hall–Kier alpha value is -5.86. The molecule has 2 fully saturated rings. The molecule has 8 atom stereocenters. The van der Waals surface area contributed by atoms with E-state index in [1.54, 1.807) is 49.9 Å². The van der Waals surface area contributed by atoms with Gasteiger partial charge in [-0.05, 0) is 132 Å². The van der Waals surface area contributed by atoms with E-state index in [0.717, 1.165) is 55.2 Å². The number of hydrogen-bond acceptors (Lipinski definition) is 8. The lowest BCUT2D eigenvalue weighted by molar-refractivity contribution is -0.142. The van der Waals surface area contributed by atoms with E-state index in [0.29, 0.717) is 44.3 Å². The summed E-state index contributed by atoms with van der Waals surface area (Å²) in [6.45, 7) is 4.25. The molecule has 3 aromatic carbocycles. The Labute approximate surface area is 383 Å². The summed E-state index contributed by atoms with van der Waals surface area (Å²) in [7, 11) is 3.35. The van der Waals surface area contributed by atoms with Gasteiger partial charge in [0.2, 0.25) is 35.4 Å². The Morgan fingerprint density at radius 1 is 0.615 bits per heavy atom. The summed E-state index contributed by atoms with van der Waals surface area (Å²) in [6, 6.07) is 19.0. The molecule has 346 valence electrons. The van der Waals surface area contributed by atoms with Crippen LogP contribution in [0.4, 0.5) is 0 Å². The predicted octanol–water partition coefficient (Wildman–Crippen LogP) is 4.32. The minimum atomic E-state index is -1.04. The number of carbonyl (C=O) groups is 6. The Bertz CT molecular complexity index is 2230. The van der Waals surface area contributed by atoms with Crippen LogP contribution in [0, 0.1) is 0 Å². The lowest BCUT2D eigenvalue weighted by Crippen LogP contribution is -2.55. The third-order valence-corrected chi connectivity index (χ3v) is 13.8. The average molecular weight is 887 g/mol. The van der Waals surface area contributed by atoms with Crippen molar-refractivity contribution >= 4 is 41.5 Å². The van der Waals surface area contributed by atoms with Crippen LogP contribution in [-0.2, 0) is 41.6 Å². The number of nitrogens with zero attached hydrogens (tertiary/aromatic N) is 2. The number of aryl methyl sites for hydroxylation is 2. The molecule has 6 amide bonds. The third-order valence-electron chi connectivity index (χ3n) is 13.8. The maximum Gasteiger partial charge on any atom is 0.250 e. The molecule has 2 aliphatic carbocycles. The minimum absolute atomic E-state index is 0.109. The standard InChI is InChI=1S/C51H66N8O6/c1-32(52-3)46(60)56-42(50(64)58-30-12-24-43(58)48(62)54-40-21-10-17-35-15-5-7-19-38(35)40)23-9-14-34-26-28-37(29-27-34)45(57-47(61)33(2)53-4)51(65)59-31-13-25-44(59)49(63)55-41-22-11-18-36-16-6-8-20-39(36)41/h5-9,14-16,19-20,26-29,32-33,40-45,52-53H,10-13,17-18,21-25,30-31H2,1-4H3,(H,54,62)(H,55,63)(H,56,60)(H,57,61)/b14-9+/t32-,33-,40+,41+,42-,43-,44-,45-/m0/s1. The highest BCUT2D eigenvalue weighted by Crippen LogP contribution is 2.32. The zero-order valence-corrected chi connectivity index (χ0v) is 38.2. The van der Waals surface area contributed by atoms with Gasteiger partial charge in [-0.3, -0.25) is 28.8 Å². The summed E-state index contributed by atoms with van der Waals surface area (Å²) in [4.78, 5) is 86.1. The first kappa shape index (κ1) is 47.1. The topological polar surface area (TPSA) is 181 Å². The first-order valence-electron chi connectivity index (χ1n) is 23.6. The normalized spacial score (nSPS) is 22.2. The second-order valence-corrected chi connectivity index (χ2v) is 18.0.